The predicted molar refractivity (Wildman–Crippen MR) is 131 cm³/mol. The first-order valence-electron chi connectivity index (χ1n) is 12.3. The number of carbonyl (C=O) groups excluding carboxylic acids is 2. The van der Waals surface area contributed by atoms with E-state index in [4.69, 9.17) is 5.73 Å². The summed E-state index contributed by atoms with van der Waals surface area (Å²) in [4.78, 5) is 30.2. The molecule has 176 valence electrons. The van der Waals surface area contributed by atoms with Gasteiger partial charge in [0.15, 0.2) is 0 Å². The average molecular weight is 449 g/mol. The van der Waals surface area contributed by atoms with E-state index in [1.54, 1.807) is 0 Å². The van der Waals surface area contributed by atoms with Crippen molar-refractivity contribution in [1.82, 2.24) is 15.1 Å². The topological polar surface area (TPSA) is 78.7 Å². The third kappa shape index (κ3) is 5.06. The number of likely N-dealkylation sites (tertiary alicyclic amines) is 2. The van der Waals surface area contributed by atoms with E-state index < -0.39 is 5.41 Å². The van der Waals surface area contributed by atoms with Crippen molar-refractivity contribution in [3.8, 4) is 0 Å². The largest absolute Gasteiger partial charge is 0.369 e. The van der Waals surface area contributed by atoms with Crippen molar-refractivity contribution in [1.29, 1.82) is 0 Å². The van der Waals surface area contributed by atoms with Crippen molar-refractivity contribution in [3.63, 3.8) is 0 Å². The van der Waals surface area contributed by atoms with Crippen molar-refractivity contribution < 1.29 is 9.59 Å². The van der Waals surface area contributed by atoms with Gasteiger partial charge in [0.2, 0.25) is 5.91 Å². The first kappa shape index (κ1) is 23.3. The summed E-state index contributed by atoms with van der Waals surface area (Å²) in [5.74, 6) is -0.304. The highest BCUT2D eigenvalue weighted by Gasteiger charge is 2.48. The van der Waals surface area contributed by atoms with E-state index in [2.05, 4.69) is 10.2 Å². The van der Waals surface area contributed by atoms with E-state index in [-0.39, 0.29) is 17.9 Å². The van der Waals surface area contributed by atoms with Gasteiger partial charge in [-0.2, -0.15) is 0 Å². The highest BCUT2D eigenvalue weighted by atomic mass is 16.2. The van der Waals surface area contributed by atoms with Crippen molar-refractivity contribution in [2.45, 2.75) is 37.5 Å². The van der Waals surface area contributed by atoms with Crippen LogP contribution in [0.5, 0.6) is 0 Å². The van der Waals surface area contributed by atoms with Crippen LogP contribution in [-0.4, -0.2) is 61.0 Å². The quantitative estimate of drug-likeness (QED) is 0.682. The Bertz CT molecular complexity index is 865. The first-order valence-corrected chi connectivity index (χ1v) is 12.3. The van der Waals surface area contributed by atoms with Crippen LogP contribution in [0.3, 0.4) is 0 Å². The van der Waals surface area contributed by atoms with Gasteiger partial charge in [-0.1, -0.05) is 67.1 Å². The van der Waals surface area contributed by atoms with E-state index in [9.17, 15) is 9.59 Å². The first-order chi connectivity index (χ1) is 16.1. The van der Waals surface area contributed by atoms with Crippen molar-refractivity contribution >= 4 is 11.9 Å². The molecule has 0 radical (unpaired) electrons. The third-order valence-corrected chi connectivity index (χ3v) is 7.39. The minimum atomic E-state index is -0.903. The maximum atomic E-state index is 13.2. The molecular weight excluding hydrogens is 412 g/mol. The minimum absolute atomic E-state index is 0.00504. The van der Waals surface area contributed by atoms with Gasteiger partial charge in [-0.3, -0.25) is 4.79 Å². The molecule has 2 fully saturated rings. The summed E-state index contributed by atoms with van der Waals surface area (Å²) in [6, 6.07) is 19.7. The van der Waals surface area contributed by atoms with Gasteiger partial charge >= 0.3 is 6.03 Å². The second kappa shape index (κ2) is 10.8. The Morgan fingerprint density at radius 2 is 1.39 bits per heavy atom. The standard InChI is InChI=1S/C27H36N4O2/c28-25(32)27(22-10-4-1-5-11-22,23-12-6-2-7-13-23)24-14-19-31(20-15-24)26(33)29-16-21-30-17-8-3-9-18-30/h1-2,4-7,10-13,24H,3,8-9,14-21H2,(H2,28,32)(H,29,33). The number of carbonyl (C=O) groups is 2. The van der Waals surface area contributed by atoms with Crippen LogP contribution < -0.4 is 11.1 Å². The molecule has 0 atom stereocenters. The molecule has 2 heterocycles. The molecule has 2 aliphatic heterocycles. The lowest BCUT2D eigenvalue weighted by Crippen LogP contribution is -2.53. The van der Waals surface area contributed by atoms with Crippen LogP contribution in [0.15, 0.2) is 60.7 Å². The molecule has 0 unspecified atom stereocenters. The zero-order chi connectivity index (χ0) is 23.1. The zero-order valence-electron chi connectivity index (χ0n) is 19.4. The molecular formula is C27H36N4O2. The number of nitrogens with two attached hydrogens (primary N) is 1. The molecule has 0 aliphatic carbocycles. The number of primary amides is 1. The minimum Gasteiger partial charge on any atom is -0.369 e. The van der Waals surface area contributed by atoms with Crippen LogP contribution in [0.1, 0.15) is 43.2 Å². The summed E-state index contributed by atoms with van der Waals surface area (Å²) in [6.07, 6.45) is 5.28. The van der Waals surface area contributed by atoms with Gasteiger partial charge in [0.25, 0.3) is 0 Å². The van der Waals surface area contributed by atoms with Gasteiger partial charge in [-0.05, 0) is 55.8 Å². The van der Waals surface area contributed by atoms with E-state index in [1.165, 1.54) is 19.3 Å². The second-order valence-corrected chi connectivity index (χ2v) is 9.30. The second-order valence-electron chi connectivity index (χ2n) is 9.30. The van der Waals surface area contributed by atoms with Crippen LogP contribution in [0.25, 0.3) is 0 Å². The molecule has 0 aromatic heterocycles. The summed E-state index contributed by atoms with van der Waals surface area (Å²) in [5, 5.41) is 3.09. The van der Waals surface area contributed by atoms with Crippen molar-refractivity contribution in [3.05, 3.63) is 71.8 Å². The van der Waals surface area contributed by atoms with Crippen LogP contribution >= 0.6 is 0 Å². The van der Waals surface area contributed by atoms with Crippen molar-refractivity contribution in [2.75, 3.05) is 39.3 Å². The summed E-state index contributed by atoms with van der Waals surface area (Å²) in [5.41, 5.74) is 7.11. The Labute approximate surface area is 197 Å². The van der Waals surface area contributed by atoms with Crippen molar-refractivity contribution in [2.24, 2.45) is 11.7 Å². The molecule has 0 spiro atoms. The zero-order valence-corrected chi connectivity index (χ0v) is 19.4. The SMILES string of the molecule is NC(=O)C(c1ccccc1)(c1ccccc1)C1CCN(C(=O)NCCN2CCCCC2)CC1. The monoisotopic (exact) mass is 448 g/mol. The normalized spacial score (nSPS) is 18.1. The number of benzene rings is 2. The number of amides is 3. The Morgan fingerprint density at radius 1 is 0.848 bits per heavy atom. The number of nitrogens with zero attached hydrogens (tertiary/aromatic N) is 2. The number of urea groups is 1. The van der Waals surface area contributed by atoms with E-state index in [0.29, 0.717) is 19.6 Å². The van der Waals surface area contributed by atoms with E-state index in [0.717, 1.165) is 43.6 Å². The maximum absolute atomic E-state index is 13.2. The molecule has 0 saturated carbocycles. The molecule has 2 saturated heterocycles. The van der Waals surface area contributed by atoms with E-state index in [1.807, 2.05) is 65.6 Å². The van der Waals surface area contributed by atoms with Crippen LogP contribution in [0.2, 0.25) is 0 Å². The molecule has 0 bridgehead atoms. The lowest BCUT2D eigenvalue weighted by atomic mass is 9.62. The highest BCUT2D eigenvalue weighted by molar-refractivity contribution is 5.91. The lowest BCUT2D eigenvalue weighted by Gasteiger charge is -2.43. The molecule has 2 aromatic rings. The number of hydrogen-bond acceptors (Lipinski definition) is 3. The highest BCUT2D eigenvalue weighted by Crippen LogP contribution is 2.44. The molecule has 4 rings (SSSR count). The van der Waals surface area contributed by atoms with Gasteiger partial charge in [-0.15, -0.1) is 0 Å². The summed E-state index contributed by atoms with van der Waals surface area (Å²) in [7, 11) is 0. The predicted octanol–water partition coefficient (Wildman–Crippen LogP) is 3.37. The summed E-state index contributed by atoms with van der Waals surface area (Å²) in [6.45, 7) is 5.10. The fraction of sp³-hybridized carbons (Fsp3) is 0.481. The van der Waals surface area contributed by atoms with Gasteiger partial charge < -0.3 is 20.9 Å². The van der Waals surface area contributed by atoms with Gasteiger partial charge in [0, 0.05) is 26.2 Å². The van der Waals surface area contributed by atoms with Crippen LogP contribution in [-0.2, 0) is 10.2 Å². The maximum Gasteiger partial charge on any atom is 0.317 e. The van der Waals surface area contributed by atoms with Crippen LogP contribution in [0, 0.1) is 5.92 Å². The summed E-state index contributed by atoms with van der Waals surface area (Å²) >= 11 is 0. The Balaban J connectivity index is 1.44. The van der Waals surface area contributed by atoms with Gasteiger partial charge in [0.1, 0.15) is 5.41 Å². The number of hydrogen-bond donors (Lipinski definition) is 2. The van der Waals surface area contributed by atoms with Crippen LogP contribution in [0.4, 0.5) is 4.79 Å². The lowest BCUT2D eigenvalue weighted by molar-refractivity contribution is -0.124. The summed E-state index contributed by atoms with van der Waals surface area (Å²) < 4.78 is 0. The molecule has 2 aliphatic rings. The third-order valence-electron chi connectivity index (χ3n) is 7.39. The fourth-order valence-corrected chi connectivity index (χ4v) is 5.66. The molecule has 2 aromatic carbocycles. The Hall–Kier alpha value is -2.86. The Morgan fingerprint density at radius 3 is 1.91 bits per heavy atom. The molecule has 33 heavy (non-hydrogen) atoms. The number of piperidine rings is 2. The Kier molecular flexibility index (Phi) is 7.65. The number of nitrogens with one attached hydrogen (secondary N) is 1. The smallest absolute Gasteiger partial charge is 0.317 e. The van der Waals surface area contributed by atoms with Gasteiger partial charge in [-0.25, -0.2) is 4.79 Å². The fourth-order valence-electron chi connectivity index (χ4n) is 5.66. The average Bonchev–Trinajstić information content (AvgIpc) is 2.87. The molecule has 3 amide bonds. The van der Waals surface area contributed by atoms with Gasteiger partial charge in [0.05, 0.1) is 0 Å². The molecule has 6 nitrogen and oxygen atoms in total. The molecule has 6 heteroatoms. The van der Waals surface area contributed by atoms with E-state index >= 15 is 0 Å². The number of rotatable bonds is 7. The molecule has 3 N–H and O–H groups in total.